The number of benzene rings is 3. The van der Waals surface area contributed by atoms with Crippen molar-refractivity contribution in [3.8, 4) is 0 Å². The van der Waals surface area contributed by atoms with Gasteiger partial charge in [-0.05, 0) is 35.6 Å². The summed E-state index contributed by atoms with van der Waals surface area (Å²) in [5.74, 6) is 0. The summed E-state index contributed by atoms with van der Waals surface area (Å²) in [7, 11) is 0. The summed E-state index contributed by atoms with van der Waals surface area (Å²) in [5, 5.41) is 11.0. The molecule has 34 heavy (non-hydrogen) atoms. The van der Waals surface area contributed by atoms with Crippen molar-refractivity contribution in [1.82, 2.24) is 14.7 Å². The number of β-amino-alcohol motifs (C(OH)–C–C–N with tert-alkyl or cyclic N) is 1. The van der Waals surface area contributed by atoms with E-state index in [1.165, 1.54) is 16.7 Å². The molecule has 3 aromatic rings. The summed E-state index contributed by atoms with van der Waals surface area (Å²) in [6, 6.07) is 27.0. The van der Waals surface area contributed by atoms with Crippen molar-refractivity contribution in [2.75, 3.05) is 26.2 Å². The van der Waals surface area contributed by atoms with Gasteiger partial charge in [0.1, 0.15) is 0 Å². The molecule has 5 heteroatoms. The van der Waals surface area contributed by atoms with Crippen LogP contribution < -0.4 is 0 Å². The second-order valence-electron chi connectivity index (χ2n) is 9.64. The van der Waals surface area contributed by atoms with Gasteiger partial charge in [0.05, 0.1) is 18.7 Å². The molecule has 2 atom stereocenters. The second-order valence-corrected chi connectivity index (χ2v) is 9.64. The molecular formula is C29H33N3O2. The van der Waals surface area contributed by atoms with Gasteiger partial charge in [-0.1, -0.05) is 84.4 Å². The first-order chi connectivity index (χ1) is 16.6. The molecule has 1 fully saturated rings. The minimum Gasteiger partial charge on any atom is -0.390 e. The zero-order chi connectivity index (χ0) is 23.5. The minimum absolute atomic E-state index is 0.00234. The molecule has 1 N–H and O–H groups in total. The highest BCUT2D eigenvalue weighted by Crippen LogP contribution is 2.31. The van der Waals surface area contributed by atoms with Crippen molar-refractivity contribution in [2.45, 2.75) is 38.6 Å². The van der Waals surface area contributed by atoms with Crippen LogP contribution in [0.4, 0.5) is 4.79 Å². The molecule has 0 saturated carbocycles. The molecule has 2 aliphatic rings. The predicted molar refractivity (Wildman–Crippen MR) is 134 cm³/mol. The fourth-order valence-corrected chi connectivity index (χ4v) is 5.21. The Kier molecular flexibility index (Phi) is 6.66. The first-order valence-electron chi connectivity index (χ1n) is 12.2. The normalized spacial score (nSPS) is 19.4. The molecule has 0 aromatic heterocycles. The van der Waals surface area contributed by atoms with Crippen molar-refractivity contribution in [3.63, 3.8) is 0 Å². The molecule has 0 aliphatic carbocycles. The van der Waals surface area contributed by atoms with Crippen LogP contribution in [0.15, 0.2) is 78.9 Å². The number of aliphatic hydroxyl groups excluding tert-OH is 1. The molecule has 176 valence electrons. The SMILES string of the molecule is Cc1ccc(CN2CC(c3ccccc3)N(CC(O)CN3CCc4ccccc4C3)C2=O)cc1. The van der Waals surface area contributed by atoms with Crippen LogP contribution in [0.3, 0.4) is 0 Å². The van der Waals surface area contributed by atoms with E-state index < -0.39 is 6.10 Å². The first-order valence-corrected chi connectivity index (χ1v) is 12.2. The van der Waals surface area contributed by atoms with Gasteiger partial charge in [0, 0.05) is 32.7 Å². The van der Waals surface area contributed by atoms with E-state index in [-0.39, 0.29) is 12.1 Å². The number of fused-ring (bicyclic) bond motifs is 1. The van der Waals surface area contributed by atoms with E-state index in [0.29, 0.717) is 26.2 Å². The molecule has 0 radical (unpaired) electrons. The van der Waals surface area contributed by atoms with Gasteiger partial charge in [-0.25, -0.2) is 4.79 Å². The summed E-state index contributed by atoms with van der Waals surface area (Å²) in [4.78, 5) is 19.6. The highest BCUT2D eigenvalue weighted by molar-refractivity contribution is 5.77. The standard InChI is InChI=1S/C29H33N3O2/c1-22-11-13-23(14-12-22)17-31-21-28(25-8-3-2-4-9-25)32(29(31)34)20-27(33)19-30-16-15-24-7-5-6-10-26(24)18-30/h2-14,27-28,33H,15-21H2,1H3. The van der Waals surface area contributed by atoms with Crippen LogP contribution in [0.5, 0.6) is 0 Å². The van der Waals surface area contributed by atoms with E-state index in [2.05, 4.69) is 72.5 Å². The average Bonchev–Trinajstić information content (AvgIpc) is 3.15. The van der Waals surface area contributed by atoms with Crippen LogP contribution in [0.2, 0.25) is 0 Å². The summed E-state index contributed by atoms with van der Waals surface area (Å²) in [5.41, 5.74) is 6.19. The van der Waals surface area contributed by atoms with Crippen molar-refractivity contribution < 1.29 is 9.90 Å². The van der Waals surface area contributed by atoms with Gasteiger partial charge in [0.15, 0.2) is 0 Å². The molecule has 5 nitrogen and oxygen atoms in total. The van der Waals surface area contributed by atoms with Gasteiger partial charge in [0.25, 0.3) is 0 Å². The molecule has 0 bridgehead atoms. The van der Waals surface area contributed by atoms with Crippen LogP contribution in [0.25, 0.3) is 0 Å². The van der Waals surface area contributed by atoms with E-state index in [0.717, 1.165) is 30.6 Å². The van der Waals surface area contributed by atoms with E-state index in [1.807, 2.05) is 28.0 Å². The predicted octanol–water partition coefficient (Wildman–Crippen LogP) is 4.39. The van der Waals surface area contributed by atoms with Gasteiger partial charge in [0.2, 0.25) is 0 Å². The fourth-order valence-electron chi connectivity index (χ4n) is 5.21. The Hall–Kier alpha value is -3.15. The maximum atomic E-state index is 13.5. The highest BCUT2D eigenvalue weighted by Gasteiger charge is 2.39. The Balaban J connectivity index is 1.28. The summed E-state index contributed by atoms with van der Waals surface area (Å²) in [6.45, 7) is 5.96. The largest absolute Gasteiger partial charge is 0.390 e. The fraction of sp³-hybridized carbons (Fsp3) is 0.345. The average molecular weight is 456 g/mol. The minimum atomic E-state index is -0.597. The van der Waals surface area contributed by atoms with Crippen LogP contribution in [-0.2, 0) is 19.5 Å². The Morgan fingerprint density at radius 3 is 2.38 bits per heavy atom. The molecule has 2 heterocycles. The second kappa shape index (κ2) is 10.00. The van der Waals surface area contributed by atoms with Gasteiger partial charge in [-0.3, -0.25) is 4.90 Å². The zero-order valence-electron chi connectivity index (χ0n) is 19.8. The molecule has 2 unspecified atom stereocenters. The molecule has 5 rings (SSSR count). The Bertz CT molecular complexity index is 1120. The number of hydrogen-bond acceptors (Lipinski definition) is 3. The molecular weight excluding hydrogens is 422 g/mol. The van der Waals surface area contributed by atoms with Crippen LogP contribution in [0, 0.1) is 6.92 Å². The summed E-state index contributed by atoms with van der Waals surface area (Å²) in [6.07, 6.45) is 0.405. The van der Waals surface area contributed by atoms with E-state index >= 15 is 0 Å². The van der Waals surface area contributed by atoms with Gasteiger partial charge < -0.3 is 14.9 Å². The number of aliphatic hydroxyl groups is 1. The first kappa shape index (κ1) is 22.6. The van der Waals surface area contributed by atoms with Crippen LogP contribution >= 0.6 is 0 Å². The number of rotatable bonds is 7. The lowest BCUT2D eigenvalue weighted by Crippen LogP contribution is -2.43. The lowest BCUT2D eigenvalue weighted by Gasteiger charge is -2.32. The van der Waals surface area contributed by atoms with Crippen molar-refractivity contribution in [1.29, 1.82) is 0 Å². The smallest absolute Gasteiger partial charge is 0.321 e. The van der Waals surface area contributed by atoms with Crippen molar-refractivity contribution in [2.24, 2.45) is 0 Å². The van der Waals surface area contributed by atoms with E-state index in [9.17, 15) is 9.90 Å². The quantitative estimate of drug-likeness (QED) is 0.575. The lowest BCUT2D eigenvalue weighted by atomic mass is 9.99. The monoisotopic (exact) mass is 455 g/mol. The molecule has 2 amide bonds. The van der Waals surface area contributed by atoms with Gasteiger partial charge in [-0.15, -0.1) is 0 Å². The lowest BCUT2D eigenvalue weighted by molar-refractivity contribution is 0.0734. The highest BCUT2D eigenvalue weighted by atomic mass is 16.3. The maximum Gasteiger partial charge on any atom is 0.321 e. The number of urea groups is 1. The molecule has 0 spiro atoms. The number of nitrogens with zero attached hydrogens (tertiary/aromatic N) is 3. The Labute approximate surface area is 202 Å². The zero-order valence-corrected chi connectivity index (χ0v) is 19.8. The van der Waals surface area contributed by atoms with Crippen LogP contribution in [-0.4, -0.2) is 58.1 Å². The number of hydrogen-bond donors (Lipinski definition) is 1. The number of amides is 2. The molecule has 1 saturated heterocycles. The van der Waals surface area contributed by atoms with Crippen LogP contribution in [0.1, 0.15) is 33.9 Å². The summed E-state index contributed by atoms with van der Waals surface area (Å²) < 4.78 is 0. The third kappa shape index (κ3) is 5.01. The molecule has 2 aliphatic heterocycles. The maximum absolute atomic E-state index is 13.5. The number of aryl methyl sites for hydroxylation is 1. The van der Waals surface area contributed by atoms with Gasteiger partial charge >= 0.3 is 6.03 Å². The number of carbonyl (C=O) groups excluding carboxylic acids is 1. The van der Waals surface area contributed by atoms with Crippen molar-refractivity contribution in [3.05, 3.63) is 107 Å². The number of carbonyl (C=O) groups is 1. The Morgan fingerprint density at radius 2 is 1.62 bits per heavy atom. The molecule has 3 aromatic carbocycles. The topological polar surface area (TPSA) is 47.0 Å². The van der Waals surface area contributed by atoms with E-state index in [4.69, 9.17) is 0 Å². The van der Waals surface area contributed by atoms with Gasteiger partial charge in [-0.2, -0.15) is 0 Å². The third-order valence-corrected chi connectivity index (χ3v) is 7.05. The van der Waals surface area contributed by atoms with E-state index in [1.54, 1.807) is 0 Å². The Morgan fingerprint density at radius 1 is 0.912 bits per heavy atom. The summed E-state index contributed by atoms with van der Waals surface area (Å²) >= 11 is 0. The van der Waals surface area contributed by atoms with Crippen molar-refractivity contribution >= 4 is 6.03 Å². The third-order valence-electron chi connectivity index (χ3n) is 7.05.